The first-order valence-corrected chi connectivity index (χ1v) is 7.22. The molecule has 0 aliphatic rings. The van der Waals surface area contributed by atoms with Gasteiger partial charge < -0.3 is 15.7 Å². The van der Waals surface area contributed by atoms with Crippen molar-refractivity contribution in [3.8, 4) is 0 Å². The minimum Gasteiger partial charge on any atom is -0.391 e. The van der Waals surface area contributed by atoms with Crippen molar-refractivity contribution in [3.05, 3.63) is 11.9 Å². The standard InChI is InChI=1S/C14H26N4O/c1-4-7-11(19)9-16-14-12(6-3)13(15-8-5-2)17-10-18-14/h10-11,19H,4-9H2,1-3H3,(H2,15,16,17,18). The second kappa shape index (κ2) is 8.69. The van der Waals surface area contributed by atoms with Crippen LogP contribution in [-0.2, 0) is 6.42 Å². The molecule has 5 heteroatoms. The van der Waals surface area contributed by atoms with Crippen LogP contribution >= 0.6 is 0 Å². The molecule has 0 radical (unpaired) electrons. The summed E-state index contributed by atoms with van der Waals surface area (Å²) in [6, 6.07) is 0. The maximum atomic E-state index is 9.76. The minimum atomic E-state index is -0.322. The van der Waals surface area contributed by atoms with E-state index in [0.717, 1.165) is 49.4 Å². The van der Waals surface area contributed by atoms with Crippen LogP contribution in [0.1, 0.15) is 45.6 Å². The number of rotatable bonds is 9. The lowest BCUT2D eigenvalue weighted by molar-refractivity contribution is 0.176. The minimum absolute atomic E-state index is 0.322. The topological polar surface area (TPSA) is 70.1 Å². The lowest BCUT2D eigenvalue weighted by atomic mass is 10.2. The Morgan fingerprint density at radius 1 is 1.11 bits per heavy atom. The number of aromatic nitrogens is 2. The van der Waals surface area contributed by atoms with Crippen molar-refractivity contribution in [2.75, 3.05) is 23.7 Å². The van der Waals surface area contributed by atoms with Gasteiger partial charge in [0.2, 0.25) is 0 Å². The molecule has 0 spiro atoms. The number of anilines is 2. The molecule has 0 bridgehead atoms. The van der Waals surface area contributed by atoms with E-state index in [-0.39, 0.29) is 6.10 Å². The Labute approximate surface area is 115 Å². The molecule has 0 amide bonds. The fourth-order valence-corrected chi connectivity index (χ4v) is 1.95. The Kier molecular flexibility index (Phi) is 7.18. The summed E-state index contributed by atoms with van der Waals surface area (Å²) in [5.74, 6) is 1.72. The normalized spacial score (nSPS) is 12.2. The third-order valence-electron chi connectivity index (χ3n) is 2.97. The smallest absolute Gasteiger partial charge is 0.134 e. The van der Waals surface area contributed by atoms with E-state index in [0.29, 0.717) is 6.54 Å². The summed E-state index contributed by atoms with van der Waals surface area (Å²) in [4.78, 5) is 8.56. The molecule has 1 aromatic rings. The maximum Gasteiger partial charge on any atom is 0.134 e. The van der Waals surface area contributed by atoms with Crippen LogP contribution in [0.15, 0.2) is 6.33 Å². The van der Waals surface area contributed by atoms with Crippen molar-refractivity contribution < 1.29 is 5.11 Å². The molecule has 0 saturated heterocycles. The Hall–Kier alpha value is -1.36. The van der Waals surface area contributed by atoms with E-state index >= 15 is 0 Å². The highest BCUT2D eigenvalue weighted by Crippen LogP contribution is 2.20. The third kappa shape index (κ3) is 5.03. The molecule has 1 rings (SSSR count). The Balaban J connectivity index is 2.71. The second-order valence-corrected chi connectivity index (χ2v) is 4.65. The van der Waals surface area contributed by atoms with E-state index in [1.165, 1.54) is 0 Å². The highest BCUT2D eigenvalue weighted by molar-refractivity contribution is 5.57. The molecule has 0 aromatic carbocycles. The van der Waals surface area contributed by atoms with Crippen LogP contribution in [0.4, 0.5) is 11.6 Å². The van der Waals surface area contributed by atoms with Crippen LogP contribution in [0, 0.1) is 0 Å². The first-order valence-electron chi connectivity index (χ1n) is 7.22. The van der Waals surface area contributed by atoms with Gasteiger partial charge in [-0.25, -0.2) is 9.97 Å². The zero-order valence-corrected chi connectivity index (χ0v) is 12.2. The van der Waals surface area contributed by atoms with Gasteiger partial charge in [0.1, 0.15) is 18.0 Å². The maximum absolute atomic E-state index is 9.76. The van der Waals surface area contributed by atoms with E-state index in [4.69, 9.17) is 0 Å². The van der Waals surface area contributed by atoms with Crippen LogP contribution in [0.25, 0.3) is 0 Å². The quantitative estimate of drug-likeness (QED) is 0.640. The second-order valence-electron chi connectivity index (χ2n) is 4.65. The molecule has 1 atom stereocenters. The van der Waals surface area contributed by atoms with Crippen molar-refractivity contribution in [1.82, 2.24) is 9.97 Å². The predicted octanol–water partition coefficient (Wildman–Crippen LogP) is 2.43. The SMILES string of the molecule is CCCNc1ncnc(NCC(O)CCC)c1CC. The van der Waals surface area contributed by atoms with Gasteiger partial charge in [0.15, 0.2) is 0 Å². The molecule has 0 aliphatic heterocycles. The highest BCUT2D eigenvalue weighted by Gasteiger charge is 2.10. The lowest BCUT2D eigenvalue weighted by Crippen LogP contribution is -2.21. The summed E-state index contributed by atoms with van der Waals surface area (Å²) in [6.07, 6.45) is 4.95. The van der Waals surface area contributed by atoms with Gasteiger partial charge in [-0.2, -0.15) is 0 Å². The van der Waals surface area contributed by atoms with Gasteiger partial charge in [0, 0.05) is 18.7 Å². The Morgan fingerprint density at radius 2 is 1.79 bits per heavy atom. The van der Waals surface area contributed by atoms with Crippen LogP contribution in [-0.4, -0.2) is 34.3 Å². The summed E-state index contributed by atoms with van der Waals surface area (Å²) in [5, 5.41) is 16.3. The van der Waals surface area contributed by atoms with Crippen LogP contribution in [0.2, 0.25) is 0 Å². The number of aliphatic hydroxyl groups excluding tert-OH is 1. The van der Waals surface area contributed by atoms with Crippen LogP contribution in [0.5, 0.6) is 0 Å². The molecule has 1 heterocycles. The number of hydrogen-bond acceptors (Lipinski definition) is 5. The molecule has 3 N–H and O–H groups in total. The molecule has 1 unspecified atom stereocenters. The number of hydrogen-bond donors (Lipinski definition) is 3. The lowest BCUT2D eigenvalue weighted by Gasteiger charge is -2.16. The van der Waals surface area contributed by atoms with E-state index in [1.54, 1.807) is 6.33 Å². The molecule has 5 nitrogen and oxygen atoms in total. The monoisotopic (exact) mass is 266 g/mol. The average Bonchev–Trinajstić information content (AvgIpc) is 2.43. The average molecular weight is 266 g/mol. The summed E-state index contributed by atoms with van der Waals surface area (Å²) in [5.41, 5.74) is 1.08. The van der Waals surface area contributed by atoms with Crippen LogP contribution < -0.4 is 10.6 Å². The van der Waals surface area contributed by atoms with E-state index < -0.39 is 0 Å². The number of nitrogens with one attached hydrogen (secondary N) is 2. The molecule has 0 saturated carbocycles. The fourth-order valence-electron chi connectivity index (χ4n) is 1.95. The van der Waals surface area contributed by atoms with Crippen molar-refractivity contribution in [2.45, 2.75) is 52.6 Å². The van der Waals surface area contributed by atoms with Crippen molar-refractivity contribution in [3.63, 3.8) is 0 Å². The molecule has 19 heavy (non-hydrogen) atoms. The summed E-state index contributed by atoms with van der Waals surface area (Å²) >= 11 is 0. The van der Waals surface area contributed by atoms with E-state index in [1.807, 2.05) is 0 Å². The summed E-state index contributed by atoms with van der Waals surface area (Å²) in [6.45, 7) is 7.72. The predicted molar refractivity (Wildman–Crippen MR) is 79.6 cm³/mol. The van der Waals surface area contributed by atoms with Gasteiger partial charge in [-0.1, -0.05) is 27.2 Å². The van der Waals surface area contributed by atoms with E-state index in [9.17, 15) is 5.11 Å². The summed E-state index contributed by atoms with van der Waals surface area (Å²) < 4.78 is 0. The van der Waals surface area contributed by atoms with Gasteiger partial charge in [-0.05, 0) is 19.3 Å². The van der Waals surface area contributed by atoms with Gasteiger partial charge in [0.05, 0.1) is 6.10 Å². The highest BCUT2D eigenvalue weighted by atomic mass is 16.3. The molecule has 108 valence electrons. The Bertz CT molecular complexity index is 370. The molecule has 1 aromatic heterocycles. The van der Waals surface area contributed by atoms with Gasteiger partial charge in [-0.3, -0.25) is 0 Å². The molecular formula is C14H26N4O. The fraction of sp³-hybridized carbons (Fsp3) is 0.714. The van der Waals surface area contributed by atoms with Crippen molar-refractivity contribution in [2.24, 2.45) is 0 Å². The molecular weight excluding hydrogens is 240 g/mol. The Morgan fingerprint density at radius 3 is 2.37 bits per heavy atom. The molecule has 0 aliphatic carbocycles. The zero-order valence-electron chi connectivity index (χ0n) is 12.2. The first kappa shape index (κ1) is 15.7. The number of nitrogens with zero attached hydrogens (tertiary/aromatic N) is 2. The van der Waals surface area contributed by atoms with Gasteiger partial charge >= 0.3 is 0 Å². The number of aliphatic hydroxyl groups is 1. The van der Waals surface area contributed by atoms with Crippen molar-refractivity contribution >= 4 is 11.6 Å². The first-order chi connectivity index (χ1) is 9.22. The zero-order chi connectivity index (χ0) is 14.1. The van der Waals surface area contributed by atoms with Gasteiger partial charge in [-0.15, -0.1) is 0 Å². The summed E-state index contributed by atoms with van der Waals surface area (Å²) in [7, 11) is 0. The molecule has 0 fully saturated rings. The van der Waals surface area contributed by atoms with Crippen molar-refractivity contribution in [1.29, 1.82) is 0 Å². The third-order valence-corrected chi connectivity index (χ3v) is 2.97. The van der Waals surface area contributed by atoms with Crippen LogP contribution in [0.3, 0.4) is 0 Å². The van der Waals surface area contributed by atoms with Gasteiger partial charge in [0.25, 0.3) is 0 Å². The largest absolute Gasteiger partial charge is 0.391 e. The van der Waals surface area contributed by atoms with E-state index in [2.05, 4.69) is 41.4 Å².